The van der Waals surface area contributed by atoms with E-state index in [1.165, 1.54) is 0 Å². The highest BCUT2D eigenvalue weighted by molar-refractivity contribution is 9.10. The van der Waals surface area contributed by atoms with Gasteiger partial charge in [-0.15, -0.1) is 0 Å². The van der Waals surface area contributed by atoms with E-state index in [1.807, 2.05) is 78.9 Å². The lowest BCUT2D eigenvalue weighted by atomic mass is 9.71. The van der Waals surface area contributed by atoms with E-state index >= 15 is 0 Å². The number of benzene rings is 3. The van der Waals surface area contributed by atoms with Crippen molar-refractivity contribution in [1.82, 2.24) is 9.88 Å². The Morgan fingerprint density at radius 1 is 0.897 bits per heavy atom. The van der Waals surface area contributed by atoms with E-state index in [2.05, 4.69) is 68.0 Å². The third kappa shape index (κ3) is 5.97. The number of nitrogens with zero attached hydrogens (tertiary/aromatic N) is 1. The second-order valence-corrected chi connectivity index (χ2v) is 12.2. The predicted molar refractivity (Wildman–Crippen MR) is 166 cm³/mol. The summed E-state index contributed by atoms with van der Waals surface area (Å²) in [4.78, 5) is 18.9. The molecule has 0 radical (unpaired) electrons. The van der Waals surface area contributed by atoms with Crippen molar-refractivity contribution in [3.63, 3.8) is 0 Å². The molecule has 0 amide bonds. The van der Waals surface area contributed by atoms with E-state index in [9.17, 15) is 9.90 Å². The van der Waals surface area contributed by atoms with Crippen LogP contribution in [0.1, 0.15) is 41.9 Å². The molecular weight excluding hydrogens is 616 g/mol. The van der Waals surface area contributed by atoms with Gasteiger partial charge in [-0.25, -0.2) is 0 Å². The van der Waals surface area contributed by atoms with Crippen molar-refractivity contribution in [2.24, 2.45) is 0 Å². The third-order valence-corrected chi connectivity index (χ3v) is 8.27. The maximum absolute atomic E-state index is 13.7. The smallest absolute Gasteiger partial charge is 0.252 e. The highest BCUT2D eigenvalue weighted by Gasteiger charge is 2.42. The van der Waals surface area contributed by atoms with E-state index < -0.39 is 11.5 Å². The normalized spacial score (nSPS) is 13.9. The quantitative estimate of drug-likeness (QED) is 0.163. The average molecular weight is 646 g/mol. The SMILES string of the molecule is CN(C)CCCCC(O)(c1c#cc2cc(Br)ccc2c1)C(c1ccccc1)c1cc2cc(Br)ccc2[nH]c1=O. The molecule has 5 aromatic rings. The van der Waals surface area contributed by atoms with Gasteiger partial charge in [-0.05, 0) is 98.7 Å². The van der Waals surface area contributed by atoms with E-state index in [0.717, 1.165) is 55.6 Å². The van der Waals surface area contributed by atoms with Crippen molar-refractivity contribution in [3.05, 3.63) is 127 Å². The van der Waals surface area contributed by atoms with E-state index in [1.54, 1.807) is 0 Å². The summed E-state index contributed by atoms with van der Waals surface area (Å²) in [5.41, 5.74) is 1.16. The Hall–Kier alpha value is -2.95. The minimum Gasteiger partial charge on any atom is -0.383 e. The summed E-state index contributed by atoms with van der Waals surface area (Å²) in [7, 11) is 4.10. The third-order valence-electron chi connectivity index (χ3n) is 7.28. The van der Waals surface area contributed by atoms with Crippen LogP contribution in [0.3, 0.4) is 0 Å². The van der Waals surface area contributed by atoms with Crippen molar-refractivity contribution in [2.45, 2.75) is 30.8 Å². The van der Waals surface area contributed by atoms with Crippen LogP contribution in [0.15, 0.2) is 92.6 Å². The van der Waals surface area contributed by atoms with E-state index in [0.29, 0.717) is 17.5 Å². The first kappa shape index (κ1) is 27.6. The van der Waals surface area contributed by atoms with E-state index in [-0.39, 0.29) is 5.56 Å². The largest absolute Gasteiger partial charge is 0.383 e. The highest BCUT2D eigenvalue weighted by Crippen LogP contribution is 2.44. The Balaban J connectivity index is 1.73. The van der Waals surface area contributed by atoms with Gasteiger partial charge in [0.25, 0.3) is 5.56 Å². The Morgan fingerprint density at radius 2 is 1.64 bits per heavy atom. The van der Waals surface area contributed by atoms with Crippen molar-refractivity contribution in [1.29, 1.82) is 0 Å². The molecule has 4 nitrogen and oxygen atoms in total. The molecule has 0 saturated heterocycles. The second-order valence-electron chi connectivity index (χ2n) is 10.4. The molecule has 2 atom stereocenters. The number of aliphatic hydroxyl groups is 1. The Labute approximate surface area is 245 Å². The van der Waals surface area contributed by atoms with Gasteiger partial charge in [-0.1, -0.05) is 80.4 Å². The summed E-state index contributed by atoms with van der Waals surface area (Å²) in [6.07, 6.45) is 2.16. The molecular formula is C33H30Br2N2O2. The molecule has 6 heteroatoms. The zero-order valence-corrected chi connectivity index (χ0v) is 25.1. The van der Waals surface area contributed by atoms with Gasteiger partial charge >= 0.3 is 0 Å². The molecule has 1 heterocycles. The lowest BCUT2D eigenvalue weighted by Gasteiger charge is -2.37. The second kappa shape index (κ2) is 11.7. The molecule has 2 unspecified atom stereocenters. The van der Waals surface area contributed by atoms with Gasteiger partial charge in [0.05, 0.1) is 0 Å². The first-order valence-electron chi connectivity index (χ1n) is 13.0. The number of halogens is 2. The zero-order valence-electron chi connectivity index (χ0n) is 22.0. The molecule has 198 valence electrons. The number of pyridine rings is 1. The fourth-order valence-corrected chi connectivity index (χ4v) is 6.09. The maximum atomic E-state index is 13.7. The minimum absolute atomic E-state index is 0.209. The number of rotatable bonds is 9. The zero-order chi connectivity index (χ0) is 27.6. The van der Waals surface area contributed by atoms with Crippen molar-refractivity contribution >= 4 is 53.5 Å². The average Bonchev–Trinajstić information content (AvgIpc) is 2.92. The van der Waals surface area contributed by atoms with Crippen LogP contribution < -0.4 is 5.56 Å². The predicted octanol–water partition coefficient (Wildman–Crippen LogP) is 7.56. The standard InChI is InChI=1S/C33H30Br2N2O2/c1-37(2)17-7-6-16-33(39,26-12-10-24-19-27(34)13-11-23(24)18-26)31(22-8-4-3-5-9-22)29-21-25-20-28(35)14-15-30(25)36-32(29)38/h3-5,8-9,11,13-15,18-21,31,39H,6-7,16-17H2,1-2H3,(H,36,38). The fourth-order valence-electron chi connectivity index (χ4n) is 5.35. The number of unbranched alkanes of at least 4 members (excludes halogenated alkanes) is 1. The van der Waals surface area contributed by atoms with Gasteiger partial charge in [0.1, 0.15) is 5.60 Å². The molecule has 0 spiro atoms. The molecule has 2 N–H and O–H groups in total. The molecule has 0 fully saturated rings. The Bertz CT molecular complexity index is 1670. The summed E-state index contributed by atoms with van der Waals surface area (Å²) in [5.74, 6) is -0.622. The van der Waals surface area contributed by atoms with Crippen LogP contribution in [-0.4, -0.2) is 35.6 Å². The molecule has 0 bridgehead atoms. The molecule has 0 aliphatic heterocycles. The first-order chi connectivity index (χ1) is 18.7. The number of hydrogen-bond acceptors (Lipinski definition) is 3. The molecule has 0 saturated carbocycles. The fraction of sp³-hybridized carbons (Fsp3) is 0.242. The number of hydrogen-bond donors (Lipinski definition) is 2. The lowest BCUT2D eigenvalue weighted by molar-refractivity contribution is 0.00727. The summed E-state index contributed by atoms with van der Waals surface area (Å²) in [5, 5.41) is 15.6. The first-order valence-corrected chi connectivity index (χ1v) is 14.6. The summed E-state index contributed by atoms with van der Waals surface area (Å²) < 4.78 is 1.88. The van der Waals surface area contributed by atoms with Crippen molar-refractivity contribution in [2.75, 3.05) is 20.6 Å². The van der Waals surface area contributed by atoms with Crippen LogP contribution in [0.5, 0.6) is 0 Å². The Kier molecular flexibility index (Phi) is 8.25. The van der Waals surface area contributed by atoms with Gasteiger partial charge in [0.2, 0.25) is 0 Å². The number of aromatic nitrogens is 1. The van der Waals surface area contributed by atoms with Gasteiger partial charge < -0.3 is 15.0 Å². The monoisotopic (exact) mass is 644 g/mol. The topological polar surface area (TPSA) is 56.3 Å². The number of aromatic amines is 1. The van der Waals surface area contributed by atoms with Crippen LogP contribution in [0.4, 0.5) is 0 Å². The van der Waals surface area contributed by atoms with Gasteiger partial charge in [0.15, 0.2) is 0 Å². The summed E-state index contributed by atoms with van der Waals surface area (Å²) in [6, 6.07) is 32.1. The lowest BCUT2D eigenvalue weighted by Crippen LogP contribution is -2.37. The Morgan fingerprint density at radius 3 is 2.41 bits per heavy atom. The molecule has 39 heavy (non-hydrogen) atoms. The van der Waals surface area contributed by atoms with Gasteiger partial charge in [-0.2, -0.15) is 0 Å². The number of H-pyrrole nitrogens is 1. The molecule has 4 aromatic carbocycles. The molecule has 0 aliphatic carbocycles. The van der Waals surface area contributed by atoms with Crippen molar-refractivity contribution < 1.29 is 5.11 Å². The van der Waals surface area contributed by atoms with Crippen LogP contribution in [0.25, 0.3) is 21.7 Å². The minimum atomic E-state index is -1.40. The maximum Gasteiger partial charge on any atom is 0.252 e. The number of nitrogens with one attached hydrogen (secondary N) is 1. The van der Waals surface area contributed by atoms with Crippen LogP contribution >= 0.6 is 31.9 Å². The molecule has 1 aromatic heterocycles. The summed E-state index contributed by atoms with van der Waals surface area (Å²) >= 11 is 7.09. The van der Waals surface area contributed by atoms with Gasteiger partial charge in [-0.3, -0.25) is 4.79 Å². The molecule has 5 rings (SSSR count). The van der Waals surface area contributed by atoms with E-state index in [4.69, 9.17) is 0 Å². The van der Waals surface area contributed by atoms with Crippen molar-refractivity contribution in [3.8, 4) is 0 Å². The van der Waals surface area contributed by atoms with Crippen LogP contribution in [0, 0.1) is 12.1 Å². The number of fused-ring (bicyclic) bond motifs is 2. The highest BCUT2D eigenvalue weighted by atomic mass is 79.9. The molecule has 0 aliphatic rings. The van der Waals surface area contributed by atoms with Gasteiger partial charge in [0, 0.05) is 36.9 Å². The van der Waals surface area contributed by atoms with Crippen LogP contribution in [0.2, 0.25) is 0 Å². The summed E-state index contributed by atoms with van der Waals surface area (Å²) in [6.45, 7) is 0.915. The van der Waals surface area contributed by atoms with Crippen LogP contribution in [-0.2, 0) is 5.60 Å².